The largest absolute Gasteiger partial charge is 0.389 e. The number of rotatable bonds is 4. The highest BCUT2D eigenvalue weighted by Gasteiger charge is 2.46. The van der Waals surface area contributed by atoms with Crippen molar-refractivity contribution in [2.75, 3.05) is 0 Å². The van der Waals surface area contributed by atoms with Gasteiger partial charge in [-0.25, -0.2) is 0 Å². The second-order valence-electron chi connectivity index (χ2n) is 6.46. The number of benzene rings is 1. The molecule has 0 aromatic heterocycles. The minimum Gasteiger partial charge on any atom is -0.389 e. The van der Waals surface area contributed by atoms with E-state index in [1.807, 2.05) is 18.2 Å². The van der Waals surface area contributed by atoms with Crippen LogP contribution in [-0.4, -0.2) is 16.6 Å². The summed E-state index contributed by atoms with van der Waals surface area (Å²) in [6.07, 6.45) is 7.03. The smallest absolute Gasteiger partial charge is 0.223 e. The molecule has 0 bridgehead atoms. The van der Waals surface area contributed by atoms with Crippen molar-refractivity contribution in [3.05, 3.63) is 35.9 Å². The van der Waals surface area contributed by atoms with Crippen LogP contribution >= 0.6 is 0 Å². The lowest BCUT2D eigenvalue weighted by Gasteiger charge is -2.32. The highest BCUT2D eigenvalue weighted by molar-refractivity contribution is 5.78. The lowest BCUT2D eigenvalue weighted by atomic mass is 9.82. The molecule has 0 heterocycles. The van der Waals surface area contributed by atoms with E-state index in [1.54, 1.807) is 0 Å². The normalized spacial score (nSPS) is 23.1. The molecule has 3 rings (SSSR count). The van der Waals surface area contributed by atoms with Crippen molar-refractivity contribution in [2.45, 2.75) is 62.5 Å². The average Bonchev–Trinajstić information content (AvgIpc) is 3.20. The maximum atomic E-state index is 12.3. The fraction of sp³-hybridized carbons (Fsp3) is 0.588. The third-order valence-corrected chi connectivity index (χ3v) is 4.73. The minimum atomic E-state index is -0.769. The van der Waals surface area contributed by atoms with Gasteiger partial charge in [0, 0.05) is 0 Å². The SMILES string of the molecule is O=C(CC1(O)CCCCC1)NC1(c2ccccc2)CC1. The molecule has 1 amide bonds. The molecule has 0 unspecified atom stereocenters. The Kier molecular flexibility index (Phi) is 3.55. The second kappa shape index (κ2) is 5.21. The Morgan fingerprint density at radius 2 is 1.70 bits per heavy atom. The van der Waals surface area contributed by atoms with E-state index < -0.39 is 5.60 Å². The molecule has 0 spiro atoms. The van der Waals surface area contributed by atoms with E-state index in [-0.39, 0.29) is 17.9 Å². The summed E-state index contributed by atoms with van der Waals surface area (Å²) in [6.45, 7) is 0. The van der Waals surface area contributed by atoms with Crippen molar-refractivity contribution in [2.24, 2.45) is 0 Å². The van der Waals surface area contributed by atoms with E-state index in [0.717, 1.165) is 38.5 Å². The van der Waals surface area contributed by atoms with E-state index in [2.05, 4.69) is 17.4 Å². The van der Waals surface area contributed by atoms with E-state index in [0.29, 0.717) is 0 Å². The summed E-state index contributed by atoms with van der Waals surface area (Å²) in [5.41, 5.74) is 0.252. The summed E-state index contributed by atoms with van der Waals surface area (Å²) in [7, 11) is 0. The molecule has 108 valence electrons. The third kappa shape index (κ3) is 2.88. The molecule has 0 radical (unpaired) electrons. The van der Waals surface area contributed by atoms with Gasteiger partial charge in [-0.2, -0.15) is 0 Å². The highest BCUT2D eigenvalue weighted by atomic mass is 16.3. The Morgan fingerprint density at radius 1 is 1.05 bits per heavy atom. The molecular weight excluding hydrogens is 250 g/mol. The number of carbonyl (C=O) groups is 1. The Labute approximate surface area is 120 Å². The summed E-state index contributed by atoms with van der Waals surface area (Å²) in [4.78, 5) is 12.3. The molecule has 0 saturated heterocycles. The predicted octanol–water partition coefficient (Wildman–Crippen LogP) is 2.88. The van der Waals surface area contributed by atoms with Crippen molar-refractivity contribution in [1.82, 2.24) is 5.32 Å². The Balaban J connectivity index is 1.62. The topological polar surface area (TPSA) is 49.3 Å². The molecule has 3 nitrogen and oxygen atoms in total. The molecule has 2 aliphatic rings. The van der Waals surface area contributed by atoms with Crippen molar-refractivity contribution in [1.29, 1.82) is 0 Å². The van der Waals surface area contributed by atoms with Gasteiger partial charge in [-0.15, -0.1) is 0 Å². The first-order valence-electron chi connectivity index (χ1n) is 7.71. The van der Waals surface area contributed by atoms with Crippen molar-refractivity contribution in [3.8, 4) is 0 Å². The van der Waals surface area contributed by atoms with Crippen LogP contribution in [0.1, 0.15) is 56.9 Å². The zero-order chi connectivity index (χ0) is 14.1. The van der Waals surface area contributed by atoms with E-state index >= 15 is 0 Å². The molecule has 0 atom stereocenters. The van der Waals surface area contributed by atoms with Gasteiger partial charge in [0.2, 0.25) is 5.91 Å². The van der Waals surface area contributed by atoms with Gasteiger partial charge >= 0.3 is 0 Å². The molecule has 0 aliphatic heterocycles. The van der Waals surface area contributed by atoms with E-state index in [1.165, 1.54) is 12.0 Å². The van der Waals surface area contributed by atoms with Crippen molar-refractivity contribution in [3.63, 3.8) is 0 Å². The predicted molar refractivity (Wildman–Crippen MR) is 78.1 cm³/mol. The molecule has 2 aliphatic carbocycles. The van der Waals surface area contributed by atoms with Crippen LogP contribution in [0.5, 0.6) is 0 Å². The van der Waals surface area contributed by atoms with Crippen LogP contribution in [0, 0.1) is 0 Å². The van der Waals surface area contributed by atoms with Gasteiger partial charge in [0.1, 0.15) is 0 Å². The zero-order valence-electron chi connectivity index (χ0n) is 11.9. The Morgan fingerprint density at radius 3 is 2.30 bits per heavy atom. The number of hydrogen-bond donors (Lipinski definition) is 2. The molecular formula is C17H23NO2. The third-order valence-electron chi connectivity index (χ3n) is 4.73. The van der Waals surface area contributed by atoms with Crippen LogP contribution in [0.2, 0.25) is 0 Å². The van der Waals surface area contributed by atoms with E-state index in [9.17, 15) is 9.90 Å². The molecule has 1 aromatic rings. The van der Waals surface area contributed by atoms with Crippen molar-refractivity contribution < 1.29 is 9.90 Å². The molecule has 2 saturated carbocycles. The van der Waals surface area contributed by atoms with Crippen LogP contribution < -0.4 is 5.32 Å². The van der Waals surface area contributed by atoms with Gasteiger partial charge in [0.05, 0.1) is 17.6 Å². The van der Waals surface area contributed by atoms with Gasteiger partial charge in [-0.1, -0.05) is 49.6 Å². The van der Waals surface area contributed by atoms with Crippen LogP contribution in [0.3, 0.4) is 0 Å². The number of amides is 1. The van der Waals surface area contributed by atoms with Crippen LogP contribution in [0.15, 0.2) is 30.3 Å². The second-order valence-corrected chi connectivity index (χ2v) is 6.46. The number of nitrogens with one attached hydrogen (secondary N) is 1. The lowest BCUT2D eigenvalue weighted by Crippen LogP contribution is -2.42. The van der Waals surface area contributed by atoms with E-state index in [4.69, 9.17) is 0 Å². The summed E-state index contributed by atoms with van der Waals surface area (Å²) in [5.74, 6) is -0.00393. The van der Waals surface area contributed by atoms with Crippen LogP contribution in [-0.2, 0) is 10.3 Å². The van der Waals surface area contributed by atoms with Crippen LogP contribution in [0.25, 0.3) is 0 Å². The molecule has 2 fully saturated rings. The fourth-order valence-corrected chi connectivity index (χ4v) is 3.36. The Bertz CT molecular complexity index is 473. The maximum absolute atomic E-state index is 12.3. The van der Waals surface area contributed by atoms with Crippen LogP contribution in [0.4, 0.5) is 0 Å². The zero-order valence-corrected chi connectivity index (χ0v) is 11.9. The van der Waals surface area contributed by atoms with Gasteiger partial charge in [-0.05, 0) is 31.2 Å². The summed E-state index contributed by atoms with van der Waals surface area (Å²) < 4.78 is 0. The quantitative estimate of drug-likeness (QED) is 0.886. The number of hydrogen-bond acceptors (Lipinski definition) is 2. The summed E-state index contributed by atoms with van der Waals surface area (Å²) in [5, 5.41) is 13.6. The first-order chi connectivity index (χ1) is 9.62. The standard InChI is InChI=1S/C17H23NO2/c19-15(13-16(20)9-5-2-6-10-16)18-17(11-12-17)14-7-3-1-4-8-14/h1,3-4,7-8,20H,2,5-6,9-13H2,(H,18,19). The van der Waals surface area contributed by atoms with Gasteiger partial charge in [0.15, 0.2) is 0 Å². The Hall–Kier alpha value is -1.35. The van der Waals surface area contributed by atoms with Gasteiger partial charge in [0.25, 0.3) is 0 Å². The van der Waals surface area contributed by atoms with Gasteiger partial charge in [-0.3, -0.25) is 4.79 Å². The highest BCUT2D eigenvalue weighted by Crippen LogP contribution is 2.45. The summed E-state index contributed by atoms with van der Waals surface area (Å²) in [6, 6.07) is 10.2. The lowest BCUT2D eigenvalue weighted by molar-refractivity contribution is -0.128. The molecule has 3 heteroatoms. The minimum absolute atomic E-state index is 0.00393. The number of aliphatic hydroxyl groups is 1. The first-order valence-corrected chi connectivity index (χ1v) is 7.71. The van der Waals surface area contributed by atoms with Gasteiger partial charge < -0.3 is 10.4 Å². The molecule has 1 aromatic carbocycles. The fourth-order valence-electron chi connectivity index (χ4n) is 3.36. The monoisotopic (exact) mass is 273 g/mol. The first kappa shape index (κ1) is 13.6. The average molecular weight is 273 g/mol. The molecule has 20 heavy (non-hydrogen) atoms. The maximum Gasteiger partial charge on any atom is 0.223 e. The summed E-state index contributed by atoms with van der Waals surface area (Å²) >= 11 is 0. The number of carbonyl (C=O) groups excluding carboxylic acids is 1. The molecule has 2 N–H and O–H groups in total. The van der Waals surface area contributed by atoms with Crippen molar-refractivity contribution >= 4 is 5.91 Å².